The zero-order chi connectivity index (χ0) is 29.8. The lowest BCUT2D eigenvalue weighted by Crippen LogP contribution is -2.61. The third-order valence-corrected chi connectivity index (χ3v) is 4.30. The van der Waals surface area contributed by atoms with E-state index in [2.05, 4.69) is 24.3 Å². The molecule has 0 aliphatic heterocycles. The predicted molar refractivity (Wildman–Crippen MR) is 113 cm³/mol. The van der Waals surface area contributed by atoms with Gasteiger partial charge in [0.05, 0.1) is 13.0 Å². The highest BCUT2D eigenvalue weighted by atomic mass is 17.2. The molecule has 0 saturated heterocycles. The topological polar surface area (TPSA) is 329 Å². The molecule has 0 amide bonds. The summed E-state index contributed by atoms with van der Waals surface area (Å²) in [6.07, 6.45) is -9.10. The number of guanidine groups is 1. The molecule has 0 aliphatic carbocycles. The Hall–Kier alpha value is -3.95. The van der Waals surface area contributed by atoms with Gasteiger partial charge in [-0.25, -0.2) is 38.7 Å². The Labute approximate surface area is 212 Å². The molecule has 216 valence electrons. The van der Waals surface area contributed by atoms with Crippen LogP contribution in [0.4, 0.5) is 0 Å². The lowest BCUT2D eigenvalue weighted by Gasteiger charge is -2.33. The van der Waals surface area contributed by atoms with Crippen LogP contribution in [-0.4, -0.2) is 122 Å². The quantitative estimate of drug-likeness (QED) is 0.0199. The number of ether oxygens (including phenoxy) is 1. The standard InChI is InChI=1S/C18H28N4O16/c1-7(24)14(30)37-38-16(32)18(33,13(29)12(28)9(25)6-23)34-15(31)8(19)3-4-10(26)35-36-11(27)5-22(2)17(20)21/h8-9,12-13,23,25,28-29,33H,3-6,19H2,1-2H3,(H3,20,21)/t8-,9?,12?,13?,18?/m1/s1. The average molecular weight is 556 g/mol. The predicted octanol–water partition coefficient (Wildman–Crippen LogP) is -6.18. The zero-order valence-corrected chi connectivity index (χ0v) is 20.0. The summed E-state index contributed by atoms with van der Waals surface area (Å²) in [4.78, 5) is 86.6. The van der Waals surface area contributed by atoms with Gasteiger partial charge in [0.1, 0.15) is 24.8 Å². The molecule has 0 aromatic heterocycles. The Morgan fingerprint density at radius 3 is 2.05 bits per heavy atom. The summed E-state index contributed by atoms with van der Waals surface area (Å²) < 4.78 is 4.39. The molecule has 4 unspecified atom stereocenters. The highest BCUT2D eigenvalue weighted by molar-refractivity contribution is 6.32. The molecule has 0 radical (unpaired) electrons. The van der Waals surface area contributed by atoms with Crippen LogP contribution in [-0.2, 0) is 53.1 Å². The van der Waals surface area contributed by atoms with E-state index in [-0.39, 0.29) is 0 Å². The van der Waals surface area contributed by atoms with Gasteiger partial charge in [-0.05, 0) is 6.42 Å². The van der Waals surface area contributed by atoms with Crippen molar-refractivity contribution in [3.63, 3.8) is 0 Å². The van der Waals surface area contributed by atoms with Crippen LogP contribution >= 0.6 is 0 Å². The summed E-state index contributed by atoms with van der Waals surface area (Å²) in [5.41, 5.74) is 10.6. The van der Waals surface area contributed by atoms with Gasteiger partial charge in [0.25, 0.3) is 0 Å². The molecule has 0 aromatic rings. The fourth-order valence-corrected chi connectivity index (χ4v) is 2.03. The molecule has 0 aliphatic rings. The smallest absolute Gasteiger partial charge is 0.418 e. The largest absolute Gasteiger partial charge is 0.429 e. The summed E-state index contributed by atoms with van der Waals surface area (Å²) in [6, 6.07) is -1.87. The van der Waals surface area contributed by atoms with E-state index < -0.39 is 97.7 Å². The van der Waals surface area contributed by atoms with E-state index in [1.807, 2.05) is 0 Å². The first-order chi connectivity index (χ1) is 17.5. The van der Waals surface area contributed by atoms with Gasteiger partial charge < -0.3 is 46.6 Å². The Morgan fingerprint density at radius 2 is 1.55 bits per heavy atom. The van der Waals surface area contributed by atoms with Crippen molar-refractivity contribution in [3.05, 3.63) is 0 Å². The monoisotopic (exact) mass is 556 g/mol. The van der Waals surface area contributed by atoms with Crippen molar-refractivity contribution in [3.8, 4) is 0 Å². The highest BCUT2D eigenvalue weighted by Gasteiger charge is 2.55. The SMILES string of the molecule is CC(=O)C(=O)OOC(=O)C(O)(OC(=O)[C@H](N)CCC(=O)OOC(=O)CN(C)C(=N)N)C(O)C(O)C(O)CO. The van der Waals surface area contributed by atoms with Crippen LogP contribution in [0.5, 0.6) is 0 Å². The van der Waals surface area contributed by atoms with E-state index in [1.165, 1.54) is 7.05 Å². The Balaban J connectivity index is 5.29. The van der Waals surface area contributed by atoms with E-state index in [1.54, 1.807) is 0 Å². The van der Waals surface area contributed by atoms with Crippen molar-refractivity contribution < 1.29 is 78.6 Å². The van der Waals surface area contributed by atoms with Crippen molar-refractivity contribution in [2.45, 2.75) is 49.9 Å². The van der Waals surface area contributed by atoms with Crippen molar-refractivity contribution in [1.29, 1.82) is 5.41 Å². The minimum absolute atomic E-state index is 0.484. The lowest BCUT2D eigenvalue weighted by molar-refractivity contribution is -0.312. The van der Waals surface area contributed by atoms with Gasteiger partial charge >= 0.3 is 35.6 Å². The number of nitrogens with zero attached hydrogens (tertiary/aromatic N) is 1. The molecular formula is C18H28N4O16. The fraction of sp³-hybridized carbons (Fsp3) is 0.611. The number of likely N-dealkylation sites (N-methyl/N-ethyl adjacent to an activating group) is 1. The number of Topliss-reactive ketones (excluding diaryl/α,β-unsaturated/α-hetero) is 1. The van der Waals surface area contributed by atoms with Crippen LogP contribution < -0.4 is 11.5 Å². The molecule has 20 nitrogen and oxygen atoms in total. The summed E-state index contributed by atoms with van der Waals surface area (Å²) in [5, 5.41) is 55.8. The van der Waals surface area contributed by atoms with Crippen LogP contribution in [0.1, 0.15) is 19.8 Å². The van der Waals surface area contributed by atoms with E-state index in [0.29, 0.717) is 6.92 Å². The van der Waals surface area contributed by atoms with Gasteiger partial charge in [-0.3, -0.25) is 15.0 Å². The lowest BCUT2D eigenvalue weighted by atomic mass is 10.00. The number of carbonyl (C=O) groups excluding carboxylic acids is 6. The number of aliphatic hydroxyl groups is 5. The Bertz CT molecular complexity index is 913. The average Bonchev–Trinajstić information content (AvgIpc) is 2.86. The van der Waals surface area contributed by atoms with E-state index >= 15 is 0 Å². The Kier molecular flexibility index (Phi) is 13.7. The Morgan fingerprint density at radius 1 is 1.00 bits per heavy atom. The molecule has 0 bridgehead atoms. The second-order valence-electron chi connectivity index (χ2n) is 7.40. The number of ketones is 1. The molecule has 0 rings (SSSR count). The molecule has 38 heavy (non-hydrogen) atoms. The van der Waals surface area contributed by atoms with Gasteiger partial charge in [-0.15, -0.1) is 0 Å². The molecule has 0 fully saturated rings. The first kappa shape index (κ1) is 34.0. The van der Waals surface area contributed by atoms with Crippen LogP contribution in [0.2, 0.25) is 0 Å². The molecule has 5 atom stereocenters. The third kappa shape index (κ3) is 10.6. The van der Waals surface area contributed by atoms with E-state index in [4.69, 9.17) is 22.0 Å². The van der Waals surface area contributed by atoms with Crippen molar-refractivity contribution >= 4 is 41.6 Å². The molecular weight excluding hydrogens is 528 g/mol. The maximum atomic E-state index is 12.3. The minimum atomic E-state index is -3.94. The van der Waals surface area contributed by atoms with E-state index in [9.17, 15) is 49.2 Å². The van der Waals surface area contributed by atoms with Crippen LogP contribution in [0.3, 0.4) is 0 Å². The summed E-state index contributed by atoms with van der Waals surface area (Å²) in [6.45, 7) is -1.06. The summed E-state index contributed by atoms with van der Waals surface area (Å²) in [7, 11) is 1.26. The second-order valence-corrected chi connectivity index (χ2v) is 7.40. The normalized spacial score (nSPS) is 15.4. The van der Waals surface area contributed by atoms with Gasteiger partial charge in [0, 0.05) is 14.0 Å². The first-order valence-corrected chi connectivity index (χ1v) is 10.2. The van der Waals surface area contributed by atoms with Crippen molar-refractivity contribution in [2.75, 3.05) is 20.2 Å². The molecule has 0 heterocycles. The number of esters is 1. The molecule has 20 heteroatoms. The van der Waals surface area contributed by atoms with Gasteiger partial charge in [-0.2, -0.15) is 0 Å². The molecule has 10 N–H and O–H groups in total. The van der Waals surface area contributed by atoms with E-state index in [0.717, 1.165) is 4.90 Å². The maximum Gasteiger partial charge on any atom is 0.429 e. The molecule has 0 spiro atoms. The minimum Gasteiger partial charge on any atom is -0.418 e. The third-order valence-electron chi connectivity index (χ3n) is 4.30. The van der Waals surface area contributed by atoms with Crippen molar-refractivity contribution in [2.24, 2.45) is 11.5 Å². The highest BCUT2D eigenvalue weighted by Crippen LogP contribution is 2.22. The van der Waals surface area contributed by atoms with Crippen LogP contribution in [0.25, 0.3) is 0 Å². The number of carbonyl (C=O) groups is 6. The van der Waals surface area contributed by atoms with Crippen LogP contribution in [0.15, 0.2) is 0 Å². The maximum absolute atomic E-state index is 12.3. The number of rotatable bonds is 13. The summed E-state index contributed by atoms with van der Waals surface area (Å²) in [5.74, 6) is -13.8. The van der Waals surface area contributed by atoms with Gasteiger partial charge in [0.2, 0.25) is 5.78 Å². The second kappa shape index (κ2) is 15.3. The number of hydrogen-bond acceptors (Lipinski definition) is 18. The number of hydrogen-bond donors (Lipinski definition) is 8. The zero-order valence-electron chi connectivity index (χ0n) is 20.0. The van der Waals surface area contributed by atoms with Gasteiger partial charge in [-0.1, -0.05) is 0 Å². The number of aliphatic hydroxyl groups excluding tert-OH is 4. The molecule has 0 saturated carbocycles. The molecule has 0 aromatic carbocycles. The van der Waals surface area contributed by atoms with Gasteiger partial charge in [0.15, 0.2) is 12.1 Å². The fourth-order valence-electron chi connectivity index (χ4n) is 2.03. The first-order valence-electron chi connectivity index (χ1n) is 10.2. The summed E-state index contributed by atoms with van der Waals surface area (Å²) >= 11 is 0. The number of nitrogens with one attached hydrogen (secondary N) is 1. The van der Waals surface area contributed by atoms with Crippen LogP contribution in [0, 0.1) is 5.41 Å². The number of nitrogens with two attached hydrogens (primary N) is 2. The van der Waals surface area contributed by atoms with Crippen molar-refractivity contribution in [1.82, 2.24) is 4.90 Å².